The number of fused-ring (bicyclic) bond motifs is 6. The van der Waals surface area contributed by atoms with Crippen LogP contribution < -0.4 is 32.3 Å². The van der Waals surface area contributed by atoms with Gasteiger partial charge in [-0.2, -0.15) is 0 Å². The molecule has 6 heterocycles. The zero-order valence-corrected chi connectivity index (χ0v) is 42.2. The van der Waals surface area contributed by atoms with Crippen molar-refractivity contribution in [3.05, 3.63) is 129 Å². The summed E-state index contributed by atoms with van der Waals surface area (Å²) in [4.78, 5) is 47.3. The molecular formula is C58H76N6O7. The van der Waals surface area contributed by atoms with Gasteiger partial charge in [0.15, 0.2) is 11.4 Å². The number of dihydropyridines is 2. The van der Waals surface area contributed by atoms with Gasteiger partial charge in [-0.15, -0.1) is 0 Å². The number of nitrogens with one attached hydrogen (secondary N) is 5. The Morgan fingerprint density at radius 1 is 1.07 bits per heavy atom. The fourth-order valence-corrected chi connectivity index (χ4v) is 14.2. The number of carbonyl (C=O) groups excluding carboxylic acids is 3. The number of nitrogens with two attached hydrogens (primary N) is 1. The molecule has 0 amide bonds. The van der Waals surface area contributed by atoms with Gasteiger partial charge in [0.25, 0.3) is 5.60 Å². The molecule has 13 heteroatoms. The first-order chi connectivity index (χ1) is 34.4. The molecule has 12 atom stereocenters. The number of aliphatic hydroxyl groups excluding tert-OH is 2. The van der Waals surface area contributed by atoms with Crippen molar-refractivity contribution in [2.45, 2.75) is 140 Å². The summed E-state index contributed by atoms with van der Waals surface area (Å²) in [5, 5.41) is 38.9. The van der Waals surface area contributed by atoms with E-state index in [2.05, 4.69) is 83.0 Å². The molecule has 1 aromatic carbocycles. The number of Topliss-reactive ketones (excluding diaryl/α,β-unsaturated/α-hetero) is 2. The SMILES string of the molecule is CCN[C@@H]1C=C2C=CC[C@@H]3[C@H]2[C@H]2C=C[C@H]3CCC[C@@](C)(CC3=CNC(N)C=C3)Cc3cccc4c3C(=O)[C@]3(O[C@@]3(C/C(CO)=C(\C)CCC3=CCNC5=C3CC[C@H](NC)N5)C4=O)C(=O)O[C@@H](CCCO)[C@H]21. The molecule has 0 radical (unpaired) electrons. The van der Waals surface area contributed by atoms with Gasteiger partial charge in [-0.25, -0.2) is 4.79 Å². The van der Waals surface area contributed by atoms with Crippen molar-refractivity contribution in [3.8, 4) is 0 Å². The third kappa shape index (κ3) is 8.96. The molecule has 10 aliphatic rings. The molecule has 13 nitrogen and oxygen atoms in total. The summed E-state index contributed by atoms with van der Waals surface area (Å²) in [6.45, 7) is 7.26. The second kappa shape index (κ2) is 20.2. The van der Waals surface area contributed by atoms with Crippen LogP contribution in [0.2, 0.25) is 0 Å². The van der Waals surface area contributed by atoms with E-state index in [9.17, 15) is 10.2 Å². The number of rotatable bonds is 14. The number of benzene rings is 1. The fourth-order valence-electron chi connectivity index (χ4n) is 14.2. The highest BCUT2D eigenvalue weighted by atomic mass is 16.7. The average Bonchev–Trinajstić information content (AvgIpc) is 4.08. The first kappa shape index (κ1) is 49.7. The predicted molar refractivity (Wildman–Crippen MR) is 274 cm³/mol. The van der Waals surface area contributed by atoms with E-state index in [1.54, 1.807) is 6.07 Å². The summed E-state index contributed by atoms with van der Waals surface area (Å²) in [6, 6.07) is 5.33. The normalized spacial score (nSPS) is 36.2. The lowest BCUT2D eigenvalue weighted by Crippen LogP contribution is -2.56. The van der Waals surface area contributed by atoms with Crippen molar-refractivity contribution in [1.29, 1.82) is 0 Å². The Kier molecular flexibility index (Phi) is 14.1. The van der Waals surface area contributed by atoms with Crippen molar-refractivity contribution < 1.29 is 34.1 Å². The van der Waals surface area contributed by atoms with Gasteiger partial charge in [0.2, 0.25) is 5.78 Å². The lowest BCUT2D eigenvalue weighted by molar-refractivity contribution is -0.159. The number of aliphatic hydroxyl groups is 2. The monoisotopic (exact) mass is 969 g/mol. The maximum absolute atomic E-state index is 15.9. The topological polar surface area (TPSA) is 200 Å². The highest BCUT2D eigenvalue weighted by molar-refractivity contribution is 6.33. The Balaban J connectivity index is 1.06. The average molecular weight is 969 g/mol. The van der Waals surface area contributed by atoms with Gasteiger partial charge in [0, 0.05) is 48.9 Å². The molecule has 11 rings (SSSR count). The largest absolute Gasteiger partial charge is 0.459 e. The van der Waals surface area contributed by atoms with Crippen LogP contribution in [0, 0.1) is 35.0 Å². The van der Waals surface area contributed by atoms with Gasteiger partial charge in [-0.3, -0.25) is 9.59 Å². The van der Waals surface area contributed by atoms with E-state index in [0.717, 1.165) is 61.9 Å². The Hall–Kier alpha value is -4.89. The number of carbonyl (C=O) groups is 3. The summed E-state index contributed by atoms with van der Waals surface area (Å²) < 4.78 is 13.6. The van der Waals surface area contributed by atoms with E-state index in [0.29, 0.717) is 68.2 Å². The lowest BCUT2D eigenvalue weighted by atomic mass is 9.55. The van der Waals surface area contributed by atoms with Crippen LogP contribution in [-0.4, -0.2) is 96.8 Å². The van der Waals surface area contributed by atoms with Crippen molar-refractivity contribution in [3.63, 3.8) is 0 Å². The first-order valence-corrected chi connectivity index (χ1v) is 26.7. The number of likely N-dealkylation sites (N-methyl/N-ethyl adjacent to an activating group) is 1. The first-order valence-electron chi connectivity index (χ1n) is 26.7. The number of ketones is 2. The van der Waals surface area contributed by atoms with E-state index in [1.165, 1.54) is 16.7 Å². The quantitative estimate of drug-likeness (QED) is 0.0443. The molecule has 1 saturated heterocycles. The minimum Gasteiger partial charge on any atom is -0.459 e. The fraction of sp³-hybridized carbons (Fsp3) is 0.569. The van der Waals surface area contributed by atoms with Gasteiger partial charge >= 0.3 is 5.97 Å². The second-order valence-corrected chi connectivity index (χ2v) is 22.2. The molecule has 9 N–H and O–H groups in total. The molecule has 0 saturated carbocycles. The molecule has 0 aromatic heterocycles. The molecule has 4 aliphatic carbocycles. The highest BCUT2D eigenvalue weighted by Crippen LogP contribution is 2.61. The summed E-state index contributed by atoms with van der Waals surface area (Å²) in [5.41, 5.74) is 9.19. The van der Waals surface area contributed by atoms with E-state index in [1.807, 2.05) is 38.4 Å². The van der Waals surface area contributed by atoms with Gasteiger partial charge in [-0.1, -0.05) is 86.6 Å². The summed E-state index contributed by atoms with van der Waals surface area (Å²) in [7, 11) is 1.96. The third-order valence-corrected chi connectivity index (χ3v) is 17.8. The lowest BCUT2D eigenvalue weighted by Gasteiger charge is -2.51. The zero-order valence-electron chi connectivity index (χ0n) is 42.2. The number of allylic oxidation sites excluding steroid dienone is 10. The minimum atomic E-state index is -2.27. The van der Waals surface area contributed by atoms with Gasteiger partial charge in [0.05, 0.1) is 18.9 Å². The minimum absolute atomic E-state index is 0.0209. The zero-order chi connectivity index (χ0) is 49.7. The van der Waals surface area contributed by atoms with Crippen LogP contribution in [0.1, 0.15) is 124 Å². The molecule has 6 aliphatic heterocycles. The van der Waals surface area contributed by atoms with Crippen LogP contribution in [0.15, 0.2) is 112 Å². The van der Waals surface area contributed by atoms with Crippen LogP contribution in [-0.2, 0) is 20.7 Å². The molecule has 71 heavy (non-hydrogen) atoms. The van der Waals surface area contributed by atoms with Crippen molar-refractivity contribution in [1.82, 2.24) is 26.6 Å². The van der Waals surface area contributed by atoms with E-state index < -0.39 is 34.8 Å². The molecule has 1 aromatic rings. The van der Waals surface area contributed by atoms with Crippen LogP contribution in [0.5, 0.6) is 0 Å². The standard InChI is InChI=1S/C58H76N6O7/c1-5-61-45-28-38-10-6-13-41-36-12-8-25-56(3,29-35-17-22-47(59)63-32-35)30-39-11-7-14-44-50(39)53(68)58(55(69)70-46(15-9-27-65)51(45)43(20-19-36)49(38)41)57(71-58,52(44)67)31-40(33-66)34(2)16-18-37-24-26-62-54-42(37)21-23-48(60-4)64-54/h6-7,10-11,14,17,19-20,22,24,28,32,36,41,43,45-49,51,60-66H,5,8-9,12-13,15-16,18,21,23,25-27,29-31,33,59H2,1-4H3/b40-34-/t36-,41+,43-,45-,46+,47?,48-,49+,51-,56+,57+,58+/m1/s1. The predicted octanol–water partition coefficient (Wildman–Crippen LogP) is 6.39. The Morgan fingerprint density at radius 2 is 1.93 bits per heavy atom. The van der Waals surface area contributed by atoms with Crippen molar-refractivity contribution in [2.24, 2.45) is 40.7 Å². The second-order valence-electron chi connectivity index (χ2n) is 22.2. The third-order valence-electron chi connectivity index (χ3n) is 17.8. The Bertz CT molecular complexity index is 2550. The summed E-state index contributed by atoms with van der Waals surface area (Å²) >= 11 is 0. The number of ether oxygens (including phenoxy) is 2. The maximum atomic E-state index is 15.9. The number of esters is 1. The van der Waals surface area contributed by atoms with Crippen molar-refractivity contribution >= 4 is 17.5 Å². The number of epoxide rings is 1. The van der Waals surface area contributed by atoms with E-state index >= 15 is 14.4 Å². The Morgan fingerprint density at radius 3 is 2.70 bits per heavy atom. The molecule has 1 fully saturated rings. The van der Waals surface area contributed by atoms with Crippen LogP contribution >= 0.6 is 0 Å². The number of hydrogen-bond donors (Lipinski definition) is 8. The van der Waals surface area contributed by atoms with E-state index in [4.69, 9.17) is 15.2 Å². The Labute approximate surface area is 419 Å². The number of hydrogen-bond acceptors (Lipinski definition) is 13. The van der Waals surface area contributed by atoms with Crippen LogP contribution in [0.3, 0.4) is 0 Å². The van der Waals surface area contributed by atoms with E-state index in [-0.39, 0.29) is 72.3 Å². The maximum Gasteiger partial charge on any atom is 0.350 e. The molecular weight excluding hydrogens is 893 g/mol. The molecule has 1 unspecified atom stereocenters. The summed E-state index contributed by atoms with van der Waals surface area (Å²) in [5.74, 6) is -0.0812. The van der Waals surface area contributed by atoms with Gasteiger partial charge in [0.1, 0.15) is 11.9 Å². The van der Waals surface area contributed by atoms with Crippen molar-refractivity contribution in [2.75, 3.05) is 33.4 Å². The smallest absolute Gasteiger partial charge is 0.350 e. The molecule has 1 spiro atoms. The van der Waals surface area contributed by atoms with Gasteiger partial charge < -0.3 is 52.0 Å². The van der Waals surface area contributed by atoms with Crippen LogP contribution in [0.4, 0.5) is 0 Å². The highest BCUT2D eigenvalue weighted by Gasteiger charge is 2.86. The van der Waals surface area contributed by atoms with Gasteiger partial charge in [-0.05, 0) is 160 Å². The molecule has 6 bridgehead atoms. The summed E-state index contributed by atoms with van der Waals surface area (Å²) in [6.07, 6.45) is 28.0. The van der Waals surface area contributed by atoms with Crippen LogP contribution in [0.25, 0.3) is 0 Å². The molecule has 380 valence electrons.